The maximum atomic E-state index is 5.89. The van der Waals surface area contributed by atoms with E-state index in [-0.39, 0.29) is 5.28 Å². The first-order chi connectivity index (χ1) is 8.58. The number of hydrogen-bond acceptors (Lipinski definition) is 6. The van der Waals surface area contributed by atoms with Crippen molar-refractivity contribution >= 4 is 46.4 Å². The quantitative estimate of drug-likeness (QED) is 0.941. The van der Waals surface area contributed by atoms with Crippen molar-refractivity contribution in [2.75, 3.05) is 24.3 Å². The zero-order chi connectivity index (χ0) is 13.1. The topological polar surface area (TPSA) is 53.9 Å². The lowest BCUT2D eigenvalue weighted by Crippen LogP contribution is -2.19. The van der Waals surface area contributed by atoms with Gasteiger partial charge in [0.15, 0.2) is 0 Å². The second kappa shape index (κ2) is 5.69. The van der Waals surface area contributed by atoms with E-state index < -0.39 is 0 Å². The summed E-state index contributed by atoms with van der Waals surface area (Å²) in [7, 11) is 3.62. The normalized spacial score (nSPS) is 10.4. The highest BCUT2D eigenvalue weighted by Crippen LogP contribution is 2.23. The summed E-state index contributed by atoms with van der Waals surface area (Å²) >= 11 is 13.3. The molecule has 5 nitrogen and oxygen atoms in total. The molecule has 0 unspecified atom stereocenters. The van der Waals surface area contributed by atoms with E-state index in [1.165, 1.54) is 11.3 Å². The zero-order valence-electron chi connectivity index (χ0n) is 9.81. The molecule has 0 aliphatic carbocycles. The zero-order valence-corrected chi connectivity index (χ0v) is 12.1. The van der Waals surface area contributed by atoms with E-state index in [1.807, 2.05) is 24.1 Å². The standard InChI is InChI=1S/C10H11Cl2N5S/c1-13-9-14-8(12)15-10(16-9)17(2)5-6-3-4-7(11)18-6/h3-4H,5H2,1-2H3,(H,13,14,15,16). The fraction of sp³-hybridized carbons (Fsp3) is 0.300. The van der Waals surface area contributed by atoms with Crippen LogP contribution in [0, 0.1) is 0 Å². The van der Waals surface area contributed by atoms with E-state index in [1.54, 1.807) is 7.05 Å². The van der Waals surface area contributed by atoms with Crippen LogP contribution in [0.5, 0.6) is 0 Å². The highest BCUT2D eigenvalue weighted by Gasteiger charge is 2.10. The van der Waals surface area contributed by atoms with Crippen LogP contribution in [0.15, 0.2) is 12.1 Å². The molecular weight excluding hydrogens is 293 g/mol. The average molecular weight is 304 g/mol. The number of anilines is 2. The molecule has 0 aliphatic heterocycles. The molecule has 2 heterocycles. The molecule has 8 heteroatoms. The maximum absolute atomic E-state index is 5.89. The van der Waals surface area contributed by atoms with Crippen LogP contribution in [0.2, 0.25) is 9.62 Å². The fourth-order valence-corrected chi connectivity index (χ4v) is 2.66. The van der Waals surface area contributed by atoms with E-state index in [4.69, 9.17) is 23.2 Å². The first kappa shape index (κ1) is 13.3. The molecule has 1 N–H and O–H groups in total. The Morgan fingerprint density at radius 3 is 2.67 bits per heavy atom. The Labute approximate surface area is 119 Å². The molecule has 2 aromatic rings. The molecule has 2 aromatic heterocycles. The number of hydrogen-bond donors (Lipinski definition) is 1. The van der Waals surface area contributed by atoms with Crippen molar-refractivity contribution in [3.8, 4) is 0 Å². The van der Waals surface area contributed by atoms with Crippen LogP contribution in [0.3, 0.4) is 0 Å². The van der Waals surface area contributed by atoms with Gasteiger partial charge in [-0.1, -0.05) is 11.6 Å². The van der Waals surface area contributed by atoms with Crippen molar-refractivity contribution in [2.24, 2.45) is 0 Å². The second-order valence-corrected chi connectivity index (χ2v) is 5.68. The van der Waals surface area contributed by atoms with Gasteiger partial charge in [-0.2, -0.15) is 15.0 Å². The van der Waals surface area contributed by atoms with Gasteiger partial charge >= 0.3 is 0 Å². The first-order valence-electron chi connectivity index (χ1n) is 5.13. The second-order valence-electron chi connectivity index (χ2n) is 3.54. The number of thiophene rings is 1. The van der Waals surface area contributed by atoms with Crippen LogP contribution in [0.25, 0.3) is 0 Å². The Bertz CT molecular complexity index is 545. The number of aromatic nitrogens is 3. The molecule has 96 valence electrons. The number of rotatable bonds is 4. The van der Waals surface area contributed by atoms with Crippen molar-refractivity contribution in [1.82, 2.24) is 15.0 Å². The third-order valence-electron chi connectivity index (χ3n) is 2.18. The molecule has 0 fully saturated rings. The Hall–Kier alpha value is -1.11. The summed E-state index contributed by atoms with van der Waals surface area (Å²) in [5.41, 5.74) is 0. The molecule has 0 atom stereocenters. The minimum atomic E-state index is 0.167. The van der Waals surface area contributed by atoms with Gasteiger partial charge in [0.05, 0.1) is 10.9 Å². The molecule has 18 heavy (non-hydrogen) atoms. The van der Waals surface area contributed by atoms with Gasteiger partial charge in [0.25, 0.3) is 0 Å². The van der Waals surface area contributed by atoms with Crippen LogP contribution in [0.4, 0.5) is 11.9 Å². The van der Waals surface area contributed by atoms with Crippen molar-refractivity contribution < 1.29 is 0 Å². The molecule has 0 bridgehead atoms. The van der Waals surface area contributed by atoms with Crippen molar-refractivity contribution in [3.05, 3.63) is 26.6 Å². The number of nitrogens with zero attached hydrogens (tertiary/aromatic N) is 4. The van der Waals surface area contributed by atoms with E-state index in [9.17, 15) is 0 Å². The van der Waals surface area contributed by atoms with E-state index in [0.29, 0.717) is 18.4 Å². The Kier molecular flexibility index (Phi) is 4.21. The van der Waals surface area contributed by atoms with Gasteiger partial charge in [-0.05, 0) is 23.7 Å². The van der Waals surface area contributed by atoms with E-state index in [0.717, 1.165) is 9.21 Å². The smallest absolute Gasteiger partial charge is 0.231 e. The van der Waals surface area contributed by atoms with E-state index in [2.05, 4.69) is 20.3 Å². The summed E-state index contributed by atoms with van der Waals surface area (Å²) in [4.78, 5) is 15.3. The van der Waals surface area contributed by atoms with Gasteiger partial charge in [-0.15, -0.1) is 11.3 Å². The van der Waals surface area contributed by atoms with Gasteiger partial charge in [-0.25, -0.2) is 0 Å². The lowest BCUT2D eigenvalue weighted by molar-refractivity contribution is 0.864. The monoisotopic (exact) mass is 303 g/mol. The SMILES string of the molecule is CNc1nc(Cl)nc(N(C)Cc2ccc(Cl)s2)n1. The van der Waals surface area contributed by atoms with Gasteiger partial charge in [0.2, 0.25) is 17.2 Å². The van der Waals surface area contributed by atoms with Gasteiger partial charge in [-0.3, -0.25) is 0 Å². The highest BCUT2D eigenvalue weighted by atomic mass is 35.5. The number of halogens is 2. The van der Waals surface area contributed by atoms with Crippen LogP contribution in [-0.2, 0) is 6.54 Å². The maximum Gasteiger partial charge on any atom is 0.231 e. The van der Waals surface area contributed by atoms with Crippen molar-refractivity contribution in [2.45, 2.75) is 6.54 Å². The highest BCUT2D eigenvalue weighted by molar-refractivity contribution is 7.16. The summed E-state index contributed by atoms with van der Waals surface area (Å²) in [5, 5.41) is 3.01. The summed E-state index contributed by atoms with van der Waals surface area (Å²) < 4.78 is 0.767. The third-order valence-corrected chi connectivity index (χ3v) is 3.57. The molecular formula is C10H11Cl2N5S. The minimum absolute atomic E-state index is 0.167. The van der Waals surface area contributed by atoms with Crippen molar-refractivity contribution in [3.63, 3.8) is 0 Å². The molecule has 2 rings (SSSR count). The largest absolute Gasteiger partial charge is 0.357 e. The Balaban J connectivity index is 2.17. The first-order valence-corrected chi connectivity index (χ1v) is 6.70. The van der Waals surface area contributed by atoms with Crippen LogP contribution in [-0.4, -0.2) is 29.0 Å². The van der Waals surface area contributed by atoms with E-state index >= 15 is 0 Å². The fourth-order valence-electron chi connectivity index (χ4n) is 1.36. The van der Waals surface area contributed by atoms with Crippen LogP contribution >= 0.6 is 34.5 Å². The lowest BCUT2D eigenvalue weighted by atomic mass is 10.4. The Morgan fingerprint density at radius 1 is 1.28 bits per heavy atom. The summed E-state index contributed by atoms with van der Waals surface area (Å²) in [6.07, 6.45) is 0. The lowest BCUT2D eigenvalue weighted by Gasteiger charge is -2.16. The third kappa shape index (κ3) is 3.22. The summed E-state index contributed by atoms with van der Waals surface area (Å²) in [6.45, 7) is 0.668. The van der Waals surface area contributed by atoms with Crippen LogP contribution in [0.1, 0.15) is 4.88 Å². The van der Waals surface area contributed by atoms with Gasteiger partial charge < -0.3 is 10.2 Å². The average Bonchev–Trinajstić information content (AvgIpc) is 2.73. The minimum Gasteiger partial charge on any atom is -0.357 e. The molecule has 0 aromatic carbocycles. The predicted octanol–water partition coefficient (Wildman–Crippen LogP) is 2.92. The number of nitrogens with one attached hydrogen (secondary N) is 1. The van der Waals surface area contributed by atoms with Crippen LogP contribution < -0.4 is 10.2 Å². The summed E-state index contributed by atoms with van der Waals surface area (Å²) in [5.74, 6) is 0.963. The van der Waals surface area contributed by atoms with Gasteiger partial charge in [0.1, 0.15) is 0 Å². The molecule has 0 radical (unpaired) electrons. The molecule has 0 saturated heterocycles. The van der Waals surface area contributed by atoms with Crippen molar-refractivity contribution in [1.29, 1.82) is 0 Å². The molecule has 0 saturated carbocycles. The Morgan fingerprint density at radius 2 is 2.06 bits per heavy atom. The van der Waals surface area contributed by atoms with Gasteiger partial charge in [0, 0.05) is 19.0 Å². The molecule has 0 spiro atoms. The molecule has 0 amide bonds. The molecule has 0 aliphatic rings. The predicted molar refractivity (Wildman–Crippen MR) is 75.8 cm³/mol. The summed E-state index contributed by atoms with van der Waals surface area (Å²) in [6, 6.07) is 3.85.